The summed E-state index contributed by atoms with van der Waals surface area (Å²) in [5.41, 5.74) is 0. The molecule has 0 bridgehead atoms. The van der Waals surface area contributed by atoms with Crippen LogP contribution in [0.1, 0.15) is 6.42 Å². The molecule has 2 aliphatic rings. The Balaban J connectivity index is 1.56. The number of anilines is 1. The van der Waals surface area contributed by atoms with Crippen LogP contribution in [0.3, 0.4) is 0 Å². The van der Waals surface area contributed by atoms with Crippen LogP contribution in [0.15, 0.2) is 16.9 Å². The lowest BCUT2D eigenvalue weighted by atomic mass is 10.1. The Morgan fingerprint density at radius 3 is 2.55 bits per heavy atom. The number of ether oxygens (including phenoxy) is 1. The van der Waals surface area contributed by atoms with Crippen LogP contribution in [0.2, 0.25) is 0 Å². The van der Waals surface area contributed by atoms with Crippen LogP contribution in [0, 0.1) is 5.92 Å². The lowest BCUT2D eigenvalue weighted by Crippen LogP contribution is -2.51. The van der Waals surface area contributed by atoms with Crippen molar-refractivity contribution in [2.24, 2.45) is 5.92 Å². The van der Waals surface area contributed by atoms with Gasteiger partial charge in [0, 0.05) is 45.2 Å². The lowest BCUT2D eigenvalue weighted by Gasteiger charge is -2.35. The van der Waals surface area contributed by atoms with E-state index in [-0.39, 0.29) is 11.8 Å². The van der Waals surface area contributed by atoms with Crippen molar-refractivity contribution in [1.29, 1.82) is 0 Å². The Labute approximate surface area is 126 Å². The van der Waals surface area contributed by atoms with Gasteiger partial charge in [-0.1, -0.05) is 0 Å². The highest BCUT2D eigenvalue weighted by molar-refractivity contribution is 9.10. The number of halogens is 1. The van der Waals surface area contributed by atoms with Crippen molar-refractivity contribution >= 4 is 27.8 Å². The van der Waals surface area contributed by atoms with Gasteiger partial charge in [-0.3, -0.25) is 4.79 Å². The highest BCUT2D eigenvalue weighted by atomic mass is 79.9. The fraction of sp³-hybridized carbons (Fsp3) is 0.615. The molecule has 108 valence electrons. The van der Waals surface area contributed by atoms with E-state index in [9.17, 15) is 4.79 Å². The molecule has 20 heavy (non-hydrogen) atoms. The molecule has 0 saturated carbocycles. The highest BCUT2D eigenvalue weighted by Crippen LogP contribution is 2.18. The van der Waals surface area contributed by atoms with Crippen LogP contribution in [0.4, 0.5) is 5.95 Å². The molecule has 3 rings (SSSR count). The maximum atomic E-state index is 12.3. The van der Waals surface area contributed by atoms with E-state index in [1.54, 1.807) is 12.4 Å². The molecule has 1 amide bonds. The van der Waals surface area contributed by atoms with Crippen molar-refractivity contribution in [3.05, 3.63) is 16.9 Å². The quantitative estimate of drug-likeness (QED) is 0.801. The maximum absolute atomic E-state index is 12.3. The largest absolute Gasteiger partial charge is 0.381 e. The van der Waals surface area contributed by atoms with Crippen molar-refractivity contribution in [3.63, 3.8) is 0 Å². The molecule has 1 aromatic rings. The van der Waals surface area contributed by atoms with E-state index in [0.29, 0.717) is 13.2 Å². The van der Waals surface area contributed by atoms with Gasteiger partial charge in [0.25, 0.3) is 0 Å². The molecule has 2 aliphatic heterocycles. The lowest BCUT2D eigenvalue weighted by molar-refractivity contribution is -0.135. The Morgan fingerprint density at radius 1 is 1.25 bits per heavy atom. The van der Waals surface area contributed by atoms with Crippen molar-refractivity contribution in [3.8, 4) is 0 Å². The zero-order valence-corrected chi connectivity index (χ0v) is 12.8. The maximum Gasteiger partial charge on any atom is 0.228 e. The molecular formula is C13H17BrN4O2. The van der Waals surface area contributed by atoms with E-state index in [2.05, 4.69) is 30.8 Å². The van der Waals surface area contributed by atoms with Gasteiger partial charge in [0.05, 0.1) is 17.0 Å². The third-order valence-electron chi connectivity index (χ3n) is 3.76. The van der Waals surface area contributed by atoms with Gasteiger partial charge in [-0.25, -0.2) is 9.97 Å². The van der Waals surface area contributed by atoms with Crippen LogP contribution < -0.4 is 4.90 Å². The zero-order chi connectivity index (χ0) is 13.9. The number of carbonyl (C=O) groups is 1. The van der Waals surface area contributed by atoms with Crippen LogP contribution in [-0.4, -0.2) is 60.2 Å². The van der Waals surface area contributed by atoms with Crippen LogP contribution in [-0.2, 0) is 9.53 Å². The highest BCUT2D eigenvalue weighted by Gasteiger charge is 2.30. The molecule has 0 aromatic carbocycles. The fourth-order valence-corrected chi connectivity index (χ4v) is 2.79. The second-order valence-electron chi connectivity index (χ2n) is 5.07. The monoisotopic (exact) mass is 340 g/mol. The standard InChI is InChI=1S/C13H17BrN4O2/c14-11-7-15-13(16-8-11)18-4-2-17(3-5-18)12(19)10-1-6-20-9-10/h7-8,10H,1-6,9H2/t10-/m0/s1. The molecule has 0 spiro atoms. The number of piperazine rings is 1. The second-order valence-corrected chi connectivity index (χ2v) is 5.99. The zero-order valence-electron chi connectivity index (χ0n) is 11.2. The number of amides is 1. The molecule has 7 heteroatoms. The van der Waals surface area contributed by atoms with Crippen molar-refractivity contribution in [2.75, 3.05) is 44.3 Å². The Morgan fingerprint density at radius 2 is 1.95 bits per heavy atom. The summed E-state index contributed by atoms with van der Waals surface area (Å²) in [6.45, 7) is 4.31. The summed E-state index contributed by atoms with van der Waals surface area (Å²) in [4.78, 5) is 24.9. The topological polar surface area (TPSA) is 58.6 Å². The van der Waals surface area contributed by atoms with E-state index < -0.39 is 0 Å². The normalized spacial score (nSPS) is 23.1. The Kier molecular flexibility index (Phi) is 4.16. The van der Waals surface area contributed by atoms with E-state index >= 15 is 0 Å². The van der Waals surface area contributed by atoms with E-state index in [1.165, 1.54) is 0 Å². The van der Waals surface area contributed by atoms with Crippen molar-refractivity contribution in [1.82, 2.24) is 14.9 Å². The smallest absolute Gasteiger partial charge is 0.228 e. The molecule has 6 nitrogen and oxygen atoms in total. The first kappa shape index (κ1) is 13.8. The molecule has 0 unspecified atom stereocenters. The number of nitrogens with zero attached hydrogens (tertiary/aromatic N) is 4. The van der Waals surface area contributed by atoms with Gasteiger partial charge >= 0.3 is 0 Å². The third-order valence-corrected chi connectivity index (χ3v) is 4.17. The van der Waals surface area contributed by atoms with Gasteiger partial charge in [-0.05, 0) is 22.4 Å². The summed E-state index contributed by atoms with van der Waals surface area (Å²) in [6.07, 6.45) is 4.35. The predicted octanol–water partition coefficient (Wildman–Crippen LogP) is 0.924. The average molecular weight is 341 g/mol. The van der Waals surface area contributed by atoms with Gasteiger partial charge in [-0.15, -0.1) is 0 Å². The molecule has 1 aromatic heterocycles. The van der Waals surface area contributed by atoms with Crippen LogP contribution in [0.5, 0.6) is 0 Å². The van der Waals surface area contributed by atoms with Crippen LogP contribution >= 0.6 is 15.9 Å². The first-order valence-corrected chi connectivity index (χ1v) is 7.62. The minimum atomic E-state index is 0.0606. The summed E-state index contributed by atoms with van der Waals surface area (Å²) >= 11 is 3.33. The first-order chi connectivity index (χ1) is 9.74. The average Bonchev–Trinajstić information content (AvgIpc) is 3.02. The van der Waals surface area contributed by atoms with E-state index in [4.69, 9.17) is 4.74 Å². The Bertz CT molecular complexity index is 468. The minimum Gasteiger partial charge on any atom is -0.381 e. The van der Waals surface area contributed by atoms with Crippen molar-refractivity contribution < 1.29 is 9.53 Å². The van der Waals surface area contributed by atoms with Gasteiger partial charge in [0.2, 0.25) is 11.9 Å². The van der Waals surface area contributed by atoms with Gasteiger partial charge < -0.3 is 14.5 Å². The summed E-state index contributed by atoms with van der Waals surface area (Å²) < 4.78 is 6.16. The minimum absolute atomic E-state index is 0.0606. The number of carbonyl (C=O) groups excluding carboxylic acids is 1. The number of hydrogen-bond acceptors (Lipinski definition) is 5. The van der Waals surface area contributed by atoms with E-state index in [0.717, 1.165) is 43.0 Å². The summed E-state index contributed by atoms with van der Waals surface area (Å²) in [5.74, 6) is 1.02. The third kappa shape index (κ3) is 2.93. The molecular weight excluding hydrogens is 324 g/mol. The van der Waals surface area contributed by atoms with Gasteiger partial charge in [0.1, 0.15) is 0 Å². The van der Waals surface area contributed by atoms with Gasteiger partial charge in [0.15, 0.2) is 0 Å². The fourth-order valence-electron chi connectivity index (χ4n) is 2.58. The predicted molar refractivity (Wildman–Crippen MR) is 77.5 cm³/mol. The first-order valence-electron chi connectivity index (χ1n) is 6.83. The van der Waals surface area contributed by atoms with E-state index in [1.807, 2.05) is 4.90 Å². The second kappa shape index (κ2) is 6.05. The number of rotatable bonds is 2. The van der Waals surface area contributed by atoms with Gasteiger partial charge in [-0.2, -0.15) is 0 Å². The van der Waals surface area contributed by atoms with Crippen molar-refractivity contribution in [2.45, 2.75) is 6.42 Å². The SMILES string of the molecule is O=C([C@H]1CCOC1)N1CCN(c2ncc(Br)cn2)CC1. The molecule has 0 radical (unpaired) electrons. The number of hydrogen-bond donors (Lipinski definition) is 0. The Hall–Kier alpha value is -1.21. The molecule has 2 fully saturated rings. The molecule has 2 saturated heterocycles. The number of aromatic nitrogens is 2. The summed E-state index contributed by atoms with van der Waals surface area (Å²) in [5, 5.41) is 0. The van der Waals surface area contributed by atoms with Crippen LogP contribution in [0.25, 0.3) is 0 Å². The summed E-state index contributed by atoms with van der Waals surface area (Å²) in [6, 6.07) is 0. The molecule has 0 aliphatic carbocycles. The molecule has 0 N–H and O–H groups in total. The molecule has 3 heterocycles. The summed E-state index contributed by atoms with van der Waals surface area (Å²) in [7, 11) is 0. The molecule has 1 atom stereocenters.